The normalized spacial score (nSPS) is 17.2. The van der Waals surface area contributed by atoms with Gasteiger partial charge in [-0.1, -0.05) is 19.3 Å². The van der Waals surface area contributed by atoms with Crippen molar-refractivity contribution in [2.45, 2.75) is 38.0 Å². The molecule has 2 aromatic rings. The molecule has 0 amide bonds. The number of hydrogen-bond acceptors (Lipinski definition) is 3. The first-order chi connectivity index (χ1) is 8.81. The van der Waals surface area contributed by atoms with Crippen molar-refractivity contribution < 1.29 is 4.79 Å². The van der Waals surface area contributed by atoms with Crippen LogP contribution in [-0.2, 0) is 7.05 Å². The largest absolute Gasteiger partial charge is 0.335 e. The van der Waals surface area contributed by atoms with Crippen molar-refractivity contribution in [1.82, 2.24) is 14.5 Å². The van der Waals surface area contributed by atoms with Gasteiger partial charge in [0, 0.05) is 24.7 Å². The molecule has 2 heterocycles. The van der Waals surface area contributed by atoms with Gasteiger partial charge in [0.05, 0.1) is 11.1 Å². The van der Waals surface area contributed by atoms with E-state index in [1.165, 1.54) is 32.1 Å². The summed E-state index contributed by atoms with van der Waals surface area (Å²) in [4.78, 5) is 20.0. The van der Waals surface area contributed by atoms with Gasteiger partial charge < -0.3 is 4.57 Å². The summed E-state index contributed by atoms with van der Waals surface area (Å²) in [7, 11) is 1.92. The molecule has 0 aromatic carbocycles. The van der Waals surface area contributed by atoms with Crippen molar-refractivity contribution in [2.24, 2.45) is 7.05 Å². The Morgan fingerprint density at radius 3 is 2.78 bits per heavy atom. The third kappa shape index (κ3) is 1.72. The lowest BCUT2D eigenvalue weighted by Crippen LogP contribution is -2.08. The molecule has 0 saturated heterocycles. The fourth-order valence-electron chi connectivity index (χ4n) is 3.04. The highest BCUT2D eigenvalue weighted by Crippen LogP contribution is 2.35. The average molecular weight is 243 g/mol. The van der Waals surface area contributed by atoms with Crippen molar-refractivity contribution in [2.75, 3.05) is 0 Å². The van der Waals surface area contributed by atoms with E-state index in [-0.39, 0.29) is 0 Å². The molecule has 18 heavy (non-hydrogen) atoms. The number of aromatic nitrogens is 3. The molecule has 0 bridgehead atoms. The smallest absolute Gasteiger partial charge is 0.152 e. The third-order valence-corrected chi connectivity index (χ3v) is 3.93. The van der Waals surface area contributed by atoms with Crippen LogP contribution in [0, 0.1) is 0 Å². The summed E-state index contributed by atoms with van der Waals surface area (Å²) in [6.45, 7) is 0. The van der Waals surface area contributed by atoms with Crippen LogP contribution in [0.25, 0.3) is 11.0 Å². The number of carbonyl (C=O) groups is 1. The Balaban J connectivity index is 2.18. The lowest BCUT2D eigenvalue weighted by Gasteiger charge is -2.21. The van der Waals surface area contributed by atoms with Gasteiger partial charge in [0.2, 0.25) is 0 Å². The fraction of sp³-hybridized carbons (Fsp3) is 0.500. The van der Waals surface area contributed by atoms with E-state index >= 15 is 0 Å². The van der Waals surface area contributed by atoms with Gasteiger partial charge in [-0.25, -0.2) is 9.97 Å². The molecule has 94 valence electrons. The van der Waals surface area contributed by atoms with E-state index < -0.39 is 0 Å². The third-order valence-electron chi connectivity index (χ3n) is 3.93. The molecule has 0 aliphatic heterocycles. The maximum Gasteiger partial charge on any atom is 0.152 e. The van der Waals surface area contributed by atoms with E-state index in [4.69, 9.17) is 0 Å². The quantitative estimate of drug-likeness (QED) is 0.762. The molecule has 4 heteroatoms. The predicted octanol–water partition coefficient (Wildman–Crippen LogP) is 2.83. The number of aldehydes is 1. The fourth-order valence-corrected chi connectivity index (χ4v) is 3.04. The number of aryl methyl sites for hydroxylation is 1. The van der Waals surface area contributed by atoms with Gasteiger partial charge in [0.1, 0.15) is 12.0 Å². The van der Waals surface area contributed by atoms with E-state index in [2.05, 4.69) is 9.97 Å². The molecule has 0 unspecified atom stereocenters. The van der Waals surface area contributed by atoms with E-state index in [9.17, 15) is 4.79 Å². The lowest BCUT2D eigenvalue weighted by atomic mass is 9.85. The van der Waals surface area contributed by atoms with Gasteiger partial charge in [-0.2, -0.15) is 0 Å². The lowest BCUT2D eigenvalue weighted by molar-refractivity contribution is 0.112. The molecule has 4 nitrogen and oxygen atoms in total. The summed E-state index contributed by atoms with van der Waals surface area (Å²) in [5, 5.41) is 0.960. The molecule has 0 N–H and O–H groups in total. The van der Waals surface area contributed by atoms with Gasteiger partial charge in [-0.3, -0.25) is 4.79 Å². The van der Waals surface area contributed by atoms with Crippen LogP contribution in [0.15, 0.2) is 12.5 Å². The number of carbonyl (C=O) groups excluding carboxylic acids is 1. The van der Waals surface area contributed by atoms with Crippen LogP contribution >= 0.6 is 0 Å². The Bertz CT molecular complexity index is 582. The molecular weight excluding hydrogens is 226 g/mol. The van der Waals surface area contributed by atoms with Crippen molar-refractivity contribution >= 4 is 17.3 Å². The Labute approximate surface area is 106 Å². The minimum atomic E-state index is 0.491. The second kappa shape index (κ2) is 4.52. The maximum atomic E-state index is 11.2. The number of nitrogens with zero attached hydrogens (tertiary/aromatic N) is 3. The Hall–Kier alpha value is -1.71. The molecule has 0 atom stereocenters. The second-order valence-corrected chi connectivity index (χ2v) is 5.11. The Morgan fingerprint density at radius 2 is 2.06 bits per heavy atom. The summed E-state index contributed by atoms with van der Waals surface area (Å²) in [6.07, 6.45) is 10.6. The highest BCUT2D eigenvalue weighted by Gasteiger charge is 2.22. The van der Waals surface area contributed by atoms with Gasteiger partial charge in [0.15, 0.2) is 6.29 Å². The first-order valence-electron chi connectivity index (χ1n) is 6.56. The first-order valence-corrected chi connectivity index (χ1v) is 6.56. The maximum absolute atomic E-state index is 11.2. The molecule has 1 saturated carbocycles. The topological polar surface area (TPSA) is 47.8 Å². The van der Waals surface area contributed by atoms with Crippen LogP contribution in [0.4, 0.5) is 0 Å². The van der Waals surface area contributed by atoms with Crippen LogP contribution in [0.2, 0.25) is 0 Å². The van der Waals surface area contributed by atoms with Crippen LogP contribution in [-0.4, -0.2) is 20.8 Å². The van der Waals surface area contributed by atoms with E-state index in [1.807, 2.05) is 17.8 Å². The van der Waals surface area contributed by atoms with E-state index in [0.717, 1.165) is 23.0 Å². The summed E-state index contributed by atoms with van der Waals surface area (Å²) in [5.74, 6) is 0.491. The number of hydrogen-bond donors (Lipinski definition) is 0. The summed E-state index contributed by atoms with van der Waals surface area (Å²) >= 11 is 0. The van der Waals surface area contributed by atoms with Crippen LogP contribution < -0.4 is 0 Å². The summed E-state index contributed by atoms with van der Waals surface area (Å²) in [5.41, 5.74) is 2.66. The molecule has 1 aliphatic rings. The molecule has 1 aliphatic carbocycles. The van der Waals surface area contributed by atoms with Gasteiger partial charge in [-0.05, 0) is 12.8 Å². The SMILES string of the molecule is Cn1cc(C=O)c2c(C3CCCCC3)ncnc21. The second-order valence-electron chi connectivity index (χ2n) is 5.11. The summed E-state index contributed by atoms with van der Waals surface area (Å²) < 4.78 is 1.91. The Kier molecular flexibility index (Phi) is 2.86. The standard InChI is InChI=1S/C14H17N3O/c1-17-7-11(8-18)12-13(15-9-16-14(12)17)10-5-3-2-4-6-10/h7-10H,2-6H2,1H3. The zero-order valence-corrected chi connectivity index (χ0v) is 10.6. The monoisotopic (exact) mass is 243 g/mol. The van der Waals surface area contributed by atoms with Crippen LogP contribution in [0.5, 0.6) is 0 Å². The zero-order valence-electron chi connectivity index (χ0n) is 10.6. The van der Waals surface area contributed by atoms with E-state index in [1.54, 1.807) is 6.33 Å². The average Bonchev–Trinajstić information content (AvgIpc) is 2.77. The zero-order chi connectivity index (χ0) is 12.5. The summed E-state index contributed by atoms with van der Waals surface area (Å²) in [6, 6.07) is 0. The number of fused-ring (bicyclic) bond motifs is 1. The van der Waals surface area contributed by atoms with Crippen molar-refractivity contribution in [3.05, 3.63) is 23.8 Å². The molecule has 1 fully saturated rings. The number of rotatable bonds is 2. The van der Waals surface area contributed by atoms with Gasteiger partial charge in [-0.15, -0.1) is 0 Å². The molecule has 0 radical (unpaired) electrons. The highest BCUT2D eigenvalue weighted by atomic mass is 16.1. The first kappa shape index (κ1) is 11.4. The van der Waals surface area contributed by atoms with Gasteiger partial charge >= 0.3 is 0 Å². The predicted molar refractivity (Wildman–Crippen MR) is 69.7 cm³/mol. The minimum Gasteiger partial charge on any atom is -0.335 e. The molecule has 2 aromatic heterocycles. The molecular formula is C14H17N3O. The molecule has 0 spiro atoms. The van der Waals surface area contributed by atoms with Crippen LogP contribution in [0.3, 0.4) is 0 Å². The van der Waals surface area contributed by atoms with Crippen LogP contribution in [0.1, 0.15) is 54.1 Å². The van der Waals surface area contributed by atoms with Gasteiger partial charge in [0.25, 0.3) is 0 Å². The van der Waals surface area contributed by atoms with Crippen molar-refractivity contribution in [3.8, 4) is 0 Å². The highest BCUT2D eigenvalue weighted by molar-refractivity contribution is 5.97. The van der Waals surface area contributed by atoms with E-state index in [0.29, 0.717) is 11.5 Å². The van der Waals surface area contributed by atoms with Crippen molar-refractivity contribution in [3.63, 3.8) is 0 Å². The Morgan fingerprint density at radius 1 is 1.28 bits per heavy atom. The minimum absolute atomic E-state index is 0.491. The van der Waals surface area contributed by atoms with Crippen molar-refractivity contribution in [1.29, 1.82) is 0 Å². The molecule has 3 rings (SSSR count).